The first-order chi connectivity index (χ1) is 15.3. The van der Waals surface area contributed by atoms with E-state index in [1.54, 1.807) is 60.7 Å². The topological polar surface area (TPSA) is 123 Å². The van der Waals surface area contributed by atoms with Gasteiger partial charge in [0.05, 0.1) is 10.8 Å². The first-order valence-electron chi connectivity index (χ1n) is 10.2. The number of nitrogens with one attached hydrogen (secondary N) is 1. The van der Waals surface area contributed by atoms with Crippen molar-refractivity contribution >= 4 is 27.5 Å². The number of sulfonamides is 1. The van der Waals surface area contributed by atoms with Gasteiger partial charge in [0.2, 0.25) is 15.9 Å². The van der Waals surface area contributed by atoms with E-state index in [4.69, 9.17) is 10.2 Å². The zero-order valence-electron chi connectivity index (χ0n) is 17.2. The molecular weight excluding hydrogens is 430 g/mol. The van der Waals surface area contributed by atoms with Crippen LogP contribution in [-0.2, 0) is 14.8 Å². The fraction of sp³-hybridized carbons (Fsp3) is 0.217. The molecule has 4 rings (SSSR count). The minimum atomic E-state index is -3.63. The fourth-order valence-electron chi connectivity index (χ4n) is 3.70. The number of anilines is 1. The predicted molar refractivity (Wildman–Crippen MR) is 119 cm³/mol. The Kier molecular flexibility index (Phi) is 6.11. The molecule has 0 aliphatic carbocycles. The molecule has 1 fully saturated rings. The summed E-state index contributed by atoms with van der Waals surface area (Å²) in [5, 5.41) is 2.86. The van der Waals surface area contributed by atoms with Gasteiger partial charge in [-0.05, 0) is 61.4 Å². The molecule has 1 atom stereocenters. The van der Waals surface area contributed by atoms with Crippen molar-refractivity contribution in [3.8, 4) is 11.3 Å². The van der Waals surface area contributed by atoms with E-state index in [1.165, 1.54) is 10.4 Å². The van der Waals surface area contributed by atoms with Crippen LogP contribution in [0, 0.1) is 5.92 Å². The Hall–Kier alpha value is -3.43. The molecule has 0 saturated carbocycles. The van der Waals surface area contributed by atoms with Gasteiger partial charge in [0, 0.05) is 24.3 Å². The lowest BCUT2D eigenvalue weighted by Gasteiger charge is -2.31. The highest BCUT2D eigenvalue weighted by atomic mass is 32.2. The SMILES string of the molecule is NC(=O)c1ccc(-c2ccc(NC(=O)C3CCCN(S(=O)(=O)c4ccccc4)C3)cc2)o1. The lowest BCUT2D eigenvalue weighted by Crippen LogP contribution is -2.43. The molecule has 9 heteroatoms. The van der Waals surface area contributed by atoms with E-state index in [9.17, 15) is 18.0 Å². The molecule has 8 nitrogen and oxygen atoms in total. The van der Waals surface area contributed by atoms with Crippen LogP contribution >= 0.6 is 0 Å². The molecule has 2 aromatic carbocycles. The van der Waals surface area contributed by atoms with Gasteiger partial charge in [0.15, 0.2) is 5.76 Å². The van der Waals surface area contributed by atoms with Crippen LogP contribution in [0.4, 0.5) is 5.69 Å². The standard InChI is InChI=1S/C23H23N3O5S/c24-22(27)21-13-12-20(31-21)16-8-10-18(11-9-16)25-23(28)17-5-4-14-26(15-17)32(29,30)19-6-2-1-3-7-19/h1-3,6-13,17H,4-5,14-15H2,(H2,24,27)(H,25,28). The Morgan fingerprint density at radius 1 is 1.00 bits per heavy atom. The lowest BCUT2D eigenvalue weighted by molar-refractivity contribution is -0.120. The molecule has 0 radical (unpaired) electrons. The molecule has 166 valence electrons. The van der Waals surface area contributed by atoms with Crippen molar-refractivity contribution in [2.75, 3.05) is 18.4 Å². The summed E-state index contributed by atoms with van der Waals surface area (Å²) in [5.41, 5.74) is 6.52. The number of furan rings is 1. The van der Waals surface area contributed by atoms with Gasteiger partial charge >= 0.3 is 0 Å². The summed E-state index contributed by atoms with van der Waals surface area (Å²) in [6.07, 6.45) is 1.23. The van der Waals surface area contributed by atoms with Gasteiger partial charge < -0.3 is 15.5 Å². The van der Waals surface area contributed by atoms with Gasteiger partial charge in [0.25, 0.3) is 5.91 Å². The summed E-state index contributed by atoms with van der Waals surface area (Å²) in [5.74, 6) is -0.740. The van der Waals surface area contributed by atoms with Gasteiger partial charge in [-0.2, -0.15) is 4.31 Å². The number of hydrogen-bond donors (Lipinski definition) is 2. The third-order valence-electron chi connectivity index (χ3n) is 5.42. The van der Waals surface area contributed by atoms with Crippen LogP contribution in [0.5, 0.6) is 0 Å². The smallest absolute Gasteiger partial charge is 0.284 e. The van der Waals surface area contributed by atoms with Crippen LogP contribution < -0.4 is 11.1 Å². The maximum absolute atomic E-state index is 12.9. The molecule has 1 unspecified atom stereocenters. The Morgan fingerprint density at radius 2 is 1.72 bits per heavy atom. The van der Waals surface area contributed by atoms with Gasteiger partial charge in [-0.1, -0.05) is 18.2 Å². The average molecular weight is 454 g/mol. The third kappa shape index (κ3) is 4.58. The number of benzene rings is 2. The van der Waals surface area contributed by atoms with E-state index in [1.807, 2.05) is 0 Å². The summed E-state index contributed by atoms with van der Waals surface area (Å²) in [6, 6.07) is 18.4. The zero-order valence-corrected chi connectivity index (χ0v) is 18.0. The minimum absolute atomic E-state index is 0.0738. The molecule has 1 aromatic heterocycles. The van der Waals surface area contributed by atoms with Crippen LogP contribution in [0.3, 0.4) is 0 Å². The first kappa shape index (κ1) is 21.8. The van der Waals surface area contributed by atoms with Crippen LogP contribution in [0.2, 0.25) is 0 Å². The van der Waals surface area contributed by atoms with Gasteiger partial charge in [0.1, 0.15) is 5.76 Å². The maximum Gasteiger partial charge on any atom is 0.284 e. The third-order valence-corrected chi connectivity index (χ3v) is 7.30. The molecule has 0 bridgehead atoms. The highest BCUT2D eigenvalue weighted by molar-refractivity contribution is 7.89. The lowest BCUT2D eigenvalue weighted by atomic mass is 9.98. The van der Waals surface area contributed by atoms with E-state index in [2.05, 4.69) is 5.32 Å². The summed E-state index contributed by atoms with van der Waals surface area (Å²) < 4.78 is 32.6. The normalized spacial score (nSPS) is 17.1. The molecule has 1 saturated heterocycles. The van der Waals surface area contributed by atoms with Crippen molar-refractivity contribution in [2.24, 2.45) is 11.7 Å². The van der Waals surface area contributed by atoms with Crippen molar-refractivity contribution in [1.29, 1.82) is 0 Å². The van der Waals surface area contributed by atoms with Crippen molar-refractivity contribution in [3.63, 3.8) is 0 Å². The molecule has 0 spiro atoms. The highest BCUT2D eigenvalue weighted by Crippen LogP contribution is 2.26. The van der Waals surface area contributed by atoms with Crippen molar-refractivity contribution < 1.29 is 22.4 Å². The minimum Gasteiger partial charge on any atom is -0.451 e. The number of hydrogen-bond acceptors (Lipinski definition) is 5. The number of nitrogens with zero attached hydrogens (tertiary/aromatic N) is 1. The molecule has 3 aromatic rings. The predicted octanol–water partition coefficient (Wildman–Crippen LogP) is 3.08. The largest absolute Gasteiger partial charge is 0.451 e. The van der Waals surface area contributed by atoms with Crippen LogP contribution in [-0.4, -0.2) is 37.6 Å². The van der Waals surface area contributed by atoms with E-state index in [0.717, 1.165) is 5.56 Å². The summed E-state index contributed by atoms with van der Waals surface area (Å²) in [7, 11) is -3.63. The fourth-order valence-corrected chi connectivity index (χ4v) is 5.25. The molecule has 3 N–H and O–H groups in total. The quantitative estimate of drug-likeness (QED) is 0.594. The number of nitrogens with two attached hydrogens (primary N) is 1. The summed E-state index contributed by atoms with van der Waals surface area (Å²) >= 11 is 0. The Balaban J connectivity index is 1.41. The van der Waals surface area contributed by atoms with E-state index in [0.29, 0.717) is 30.8 Å². The number of rotatable bonds is 6. The van der Waals surface area contributed by atoms with Crippen LogP contribution in [0.1, 0.15) is 23.4 Å². The molecule has 1 aliphatic rings. The highest BCUT2D eigenvalue weighted by Gasteiger charge is 2.33. The number of carbonyl (C=O) groups excluding carboxylic acids is 2. The number of piperidine rings is 1. The molecule has 2 amide bonds. The van der Waals surface area contributed by atoms with Gasteiger partial charge in [-0.25, -0.2) is 8.42 Å². The Morgan fingerprint density at radius 3 is 2.38 bits per heavy atom. The molecular formula is C23H23N3O5S. The number of carbonyl (C=O) groups is 2. The maximum atomic E-state index is 12.9. The summed E-state index contributed by atoms with van der Waals surface area (Å²) in [4.78, 5) is 24.2. The van der Waals surface area contributed by atoms with Gasteiger partial charge in [-0.3, -0.25) is 9.59 Å². The van der Waals surface area contributed by atoms with Crippen molar-refractivity contribution in [3.05, 3.63) is 72.5 Å². The van der Waals surface area contributed by atoms with Crippen LogP contribution in [0.25, 0.3) is 11.3 Å². The van der Waals surface area contributed by atoms with E-state index < -0.39 is 21.8 Å². The monoisotopic (exact) mass is 453 g/mol. The van der Waals surface area contributed by atoms with Crippen molar-refractivity contribution in [1.82, 2.24) is 4.31 Å². The number of primary amides is 1. The van der Waals surface area contributed by atoms with E-state index >= 15 is 0 Å². The Labute approximate surface area is 186 Å². The van der Waals surface area contributed by atoms with Gasteiger partial charge in [-0.15, -0.1) is 0 Å². The molecule has 2 heterocycles. The molecule has 1 aliphatic heterocycles. The summed E-state index contributed by atoms with van der Waals surface area (Å²) in [6.45, 7) is 0.537. The average Bonchev–Trinajstić information content (AvgIpc) is 3.31. The second kappa shape index (κ2) is 8.97. The zero-order chi connectivity index (χ0) is 22.7. The van der Waals surface area contributed by atoms with Crippen molar-refractivity contribution in [2.45, 2.75) is 17.7 Å². The van der Waals surface area contributed by atoms with E-state index in [-0.39, 0.29) is 23.1 Å². The Bertz CT molecular complexity index is 1220. The van der Waals surface area contributed by atoms with Crippen LogP contribution in [0.15, 0.2) is 76.0 Å². The second-order valence-electron chi connectivity index (χ2n) is 7.61. The first-order valence-corrected chi connectivity index (χ1v) is 11.6. The second-order valence-corrected chi connectivity index (χ2v) is 9.55. The number of amides is 2. The molecule has 32 heavy (non-hydrogen) atoms.